The van der Waals surface area contributed by atoms with Crippen LogP contribution in [0, 0.1) is 5.82 Å². The molecule has 0 saturated heterocycles. The largest absolute Gasteiger partial charge is 0.207 e. The van der Waals surface area contributed by atoms with Crippen molar-refractivity contribution < 1.29 is 4.39 Å². The third-order valence-electron chi connectivity index (χ3n) is 4.66. The zero-order chi connectivity index (χ0) is 15.4. The molecular weight excluding hydrogens is 319 g/mol. The van der Waals surface area contributed by atoms with E-state index < -0.39 is 0 Å². The van der Waals surface area contributed by atoms with E-state index in [0.717, 1.165) is 11.1 Å². The average molecular weight is 333 g/mol. The van der Waals surface area contributed by atoms with E-state index in [1.54, 1.807) is 12.1 Å². The molecule has 0 radical (unpaired) electrons. The van der Waals surface area contributed by atoms with Crippen LogP contribution in [0.2, 0.25) is 0 Å². The molecule has 0 atom stereocenters. The number of halogens is 2. The van der Waals surface area contributed by atoms with Gasteiger partial charge in [-0.2, -0.15) is 0 Å². The van der Waals surface area contributed by atoms with Gasteiger partial charge in [-0.25, -0.2) is 4.39 Å². The van der Waals surface area contributed by atoms with Crippen molar-refractivity contribution in [1.29, 1.82) is 0 Å². The first-order valence-electron chi connectivity index (χ1n) is 7.74. The van der Waals surface area contributed by atoms with Gasteiger partial charge in [-0.3, -0.25) is 0 Å². The average Bonchev–Trinajstić information content (AvgIpc) is 2.59. The minimum atomic E-state index is -0.201. The Bertz CT molecular complexity index is 1160. The number of hydrogen-bond donors (Lipinski definition) is 0. The molecule has 0 bridgehead atoms. The second kappa shape index (κ2) is 5.47. The molecule has 0 aliphatic carbocycles. The van der Waals surface area contributed by atoms with Crippen LogP contribution in [0.5, 0.6) is 0 Å². The molecule has 24 heavy (non-hydrogen) atoms. The summed E-state index contributed by atoms with van der Waals surface area (Å²) in [4.78, 5) is 0. The van der Waals surface area contributed by atoms with Crippen LogP contribution in [0.1, 0.15) is 0 Å². The fourth-order valence-corrected chi connectivity index (χ4v) is 3.64. The highest BCUT2D eigenvalue weighted by Crippen LogP contribution is 2.39. The fourth-order valence-electron chi connectivity index (χ4n) is 3.64. The maximum absolute atomic E-state index is 13.6. The van der Waals surface area contributed by atoms with E-state index in [2.05, 4.69) is 54.6 Å². The van der Waals surface area contributed by atoms with Crippen molar-refractivity contribution in [1.82, 2.24) is 0 Å². The summed E-state index contributed by atoms with van der Waals surface area (Å²) in [5, 5.41) is 7.46. The van der Waals surface area contributed by atoms with Crippen molar-refractivity contribution in [2.75, 3.05) is 0 Å². The topological polar surface area (TPSA) is 0 Å². The van der Waals surface area contributed by atoms with Crippen LogP contribution >= 0.6 is 12.4 Å². The van der Waals surface area contributed by atoms with E-state index in [1.165, 1.54) is 38.4 Å². The van der Waals surface area contributed by atoms with Crippen LogP contribution < -0.4 is 0 Å². The lowest BCUT2D eigenvalue weighted by molar-refractivity contribution is 0.628. The quantitative estimate of drug-likeness (QED) is 0.296. The molecule has 0 aliphatic heterocycles. The minimum absolute atomic E-state index is 0. The highest BCUT2D eigenvalue weighted by Gasteiger charge is 2.11. The molecular formula is C22H14ClF. The molecule has 0 unspecified atom stereocenters. The smallest absolute Gasteiger partial charge is 0.123 e. The number of benzene rings is 5. The van der Waals surface area contributed by atoms with E-state index in [9.17, 15) is 4.39 Å². The summed E-state index contributed by atoms with van der Waals surface area (Å²) in [6.07, 6.45) is 0. The second-order valence-electron chi connectivity index (χ2n) is 5.98. The lowest BCUT2D eigenvalue weighted by Gasteiger charge is -2.14. The number of rotatable bonds is 1. The molecule has 5 aromatic carbocycles. The van der Waals surface area contributed by atoms with E-state index in [4.69, 9.17) is 0 Å². The normalized spacial score (nSPS) is 11.2. The lowest BCUT2D eigenvalue weighted by Crippen LogP contribution is -1.87. The second-order valence-corrected chi connectivity index (χ2v) is 5.98. The van der Waals surface area contributed by atoms with Gasteiger partial charge in [0.2, 0.25) is 0 Å². The summed E-state index contributed by atoms with van der Waals surface area (Å²) in [6, 6.07) is 26.1. The van der Waals surface area contributed by atoms with Gasteiger partial charge in [0.25, 0.3) is 0 Å². The van der Waals surface area contributed by atoms with Gasteiger partial charge in [-0.15, -0.1) is 12.4 Å². The van der Waals surface area contributed by atoms with Crippen molar-refractivity contribution >= 4 is 44.7 Å². The Balaban J connectivity index is 0.00000146. The molecule has 5 aromatic rings. The standard InChI is InChI=1S/C22H13F.ClH/c23-18-6-2-5-17(13-18)19-11-9-16-8-7-14-3-1-4-15-10-12-20(19)22(16)21(14)15;/h1-13H;1H. The first-order chi connectivity index (χ1) is 11.3. The zero-order valence-electron chi connectivity index (χ0n) is 12.8. The maximum atomic E-state index is 13.6. The zero-order valence-corrected chi connectivity index (χ0v) is 13.6. The van der Waals surface area contributed by atoms with Crippen LogP contribution in [-0.2, 0) is 0 Å². The summed E-state index contributed by atoms with van der Waals surface area (Å²) in [5.41, 5.74) is 2.00. The van der Waals surface area contributed by atoms with E-state index in [-0.39, 0.29) is 18.2 Å². The third-order valence-corrected chi connectivity index (χ3v) is 4.66. The fraction of sp³-hybridized carbons (Fsp3) is 0. The molecule has 2 heteroatoms. The minimum Gasteiger partial charge on any atom is -0.207 e. The molecule has 0 N–H and O–H groups in total. The van der Waals surface area contributed by atoms with Crippen LogP contribution in [0.4, 0.5) is 4.39 Å². The number of hydrogen-bond acceptors (Lipinski definition) is 0. The Morgan fingerprint density at radius 1 is 0.583 bits per heavy atom. The van der Waals surface area contributed by atoms with Gasteiger partial charge in [-0.05, 0) is 55.6 Å². The van der Waals surface area contributed by atoms with Gasteiger partial charge < -0.3 is 0 Å². The maximum Gasteiger partial charge on any atom is 0.123 e. The van der Waals surface area contributed by atoms with Gasteiger partial charge in [-0.1, -0.05) is 66.7 Å². The van der Waals surface area contributed by atoms with E-state index in [0.29, 0.717) is 0 Å². The Labute approximate surface area is 145 Å². The van der Waals surface area contributed by atoms with Crippen LogP contribution in [-0.4, -0.2) is 0 Å². The van der Waals surface area contributed by atoms with Crippen LogP contribution in [0.25, 0.3) is 43.4 Å². The summed E-state index contributed by atoms with van der Waals surface area (Å²) in [5.74, 6) is -0.201. The van der Waals surface area contributed by atoms with Crippen molar-refractivity contribution in [3.05, 3.63) is 84.7 Å². The van der Waals surface area contributed by atoms with Crippen molar-refractivity contribution in [3.8, 4) is 11.1 Å². The molecule has 0 aromatic heterocycles. The molecule has 0 fully saturated rings. The SMILES string of the molecule is Cl.Fc1cccc(-c2ccc3ccc4cccc5ccc2c3c45)c1. The lowest BCUT2D eigenvalue weighted by atomic mass is 9.90. The van der Waals surface area contributed by atoms with Crippen molar-refractivity contribution in [2.45, 2.75) is 0 Å². The summed E-state index contributed by atoms with van der Waals surface area (Å²) in [6.45, 7) is 0. The molecule has 0 amide bonds. The summed E-state index contributed by atoms with van der Waals surface area (Å²) >= 11 is 0. The first kappa shape index (κ1) is 14.9. The highest BCUT2D eigenvalue weighted by atomic mass is 35.5. The molecule has 0 heterocycles. The molecule has 0 aliphatic rings. The van der Waals surface area contributed by atoms with Crippen molar-refractivity contribution in [2.24, 2.45) is 0 Å². The van der Waals surface area contributed by atoms with Crippen molar-refractivity contribution in [3.63, 3.8) is 0 Å². The molecule has 0 nitrogen and oxygen atoms in total. The van der Waals surface area contributed by atoms with Gasteiger partial charge >= 0.3 is 0 Å². The molecule has 5 rings (SSSR count). The van der Waals surface area contributed by atoms with Gasteiger partial charge in [0.1, 0.15) is 5.82 Å². The molecule has 0 saturated carbocycles. The Kier molecular flexibility index (Phi) is 3.40. The monoisotopic (exact) mass is 332 g/mol. The molecule has 116 valence electrons. The van der Waals surface area contributed by atoms with E-state index >= 15 is 0 Å². The highest BCUT2D eigenvalue weighted by molar-refractivity contribution is 6.25. The summed E-state index contributed by atoms with van der Waals surface area (Å²) in [7, 11) is 0. The summed E-state index contributed by atoms with van der Waals surface area (Å²) < 4.78 is 13.6. The van der Waals surface area contributed by atoms with Crippen LogP contribution in [0.3, 0.4) is 0 Å². The Hall–Kier alpha value is -2.64. The van der Waals surface area contributed by atoms with Gasteiger partial charge in [0, 0.05) is 0 Å². The van der Waals surface area contributed by atoms with Gasteiger partial charge in [0.05, 0.1) is 0 Å². The Morgan fingerprint density at radius 2 is 1.21 bits per heavy atom. The van der Waals surface area contributed by atoms with Gasteiger partial charge in [0.15, 0.2) is 0 Å². The first-order valence-corrected chi connectivity index (χ1v) is 7.74. The predicted molar refractivity (Wildman–Crippen MR) is 103 cm³/mol. The molecule has 0 spiro atoms. The predicted octanol–water partition coefficient (Wildman–Crippen LogP) is 6.81. The third kappa shape index (κ3) is 2.05. The van der Waals surface area contributed by atoms with Crippen LogP contribution in [0.15, 0.2) is 78.9 Å². The Morgan fingerprint density at radius 3 is 1.96 bits per heavy atom. The van der Waals surface area contributed by atoms with E-state index in [1.807, 2.05) is 6.07 Å².